The van der Waals surface area contributed by atoms with E-state index in [4.69, 9.17) is 9.47 Å². The van der Waals surface area contributed by atoms with E-state index in [1.165, 1.54) is 12.8 Å². The summed E-state index contributed by atoms with van der Waals surface area (Å²) < 4.78 is 10.7. The molecule has 3 rings (SSSR count). The van der Waals surface area contributed by atoms with E-state index in [1.807, 2.05) is 0 Å². The van der Waals surface area contributed by atoms with E-state index in [0.29, 0.717) is 19.0 Å². The van der Waals surface area contributed by atoms with Crippen molar-refractivity contribution in [2.75, 3.05) is 13.9 Å². The molecule has 0 amide bonds. The van der Waals surface area contributed by atoms with Crippen LogP contribution >= 0.6 is 0 Å². The second kappa shape index (κ2) is 3.66. The van der Waals surface area contributed by atoms with E-state index in [2.05, 4.69) is 6.58 Å². The van der Waals surface area contributed by atoms with Gasteiger partial charge in [0.25, 0.3) is 0 Å². The summed E-state index contributed by atoms with van der Waals surface area (Å²) in [7, 11) is 1.65. The lowest BCUT2D eigenvalue weighted by Gasteiger charge is -2.33. The monoisotopic (exact) mass is 236 g/mol. The molecule has 0 radical (unpaired) electrons. The first kappa shape index (κ1) is 11.4. The van der Waals surface area contributed by atoms with Crippen LogP contribution in [-0.2, 0) is 14.3 Å². The molecule has 0 saturated heterocycles. The quantitative estimate of drug-likeness (QED) is 0.558. The van der Waals surface area contributed by atoms with Crippen molar-refractivity contribution in [3.8, 4) is 0 Å². The molecule has 3 heteroatoms. The smallest absolute Gasteiger partial charge is 0.159 e. The fraction of sp³-hybridized carbons (Fsp3) is 0.786. The Kier molecular flexibility index (Phi) is 2.46. The zero-order valence-corrected chi connectivity index (χ0v) is 10.5. The summed E-state index contributed by atoms with van der Waals surface area (Å²) in [6.45, 7) is 4.44. The van der Waals surface area contributed by atoms with Crippen molar-refractivity contribution >= 4 is 5.78 Å². The summed E-state index contributed by atoms with van der Waals surface area (Å²) in [4.78, 5) is 11.9. The highest BCUT2D eigenvalue weighted by molar-refractivity contribution is 6.00. The number of hydrogen-bond acceptors (Lipinski definition) is 3. The molecule has 3 atom stereocenters. The Morgan fingerprint density at radius 1 is 1.41 bits per heavy atom. The first-order chi connectivity index (χ1) is 8.13. The van der Waals surface area contributed by atoms with Gasteiger partial charge in [-0.3, -0.25) is 4.79 Å². The van der Waals surface area contributed by atoms with Crippen LogP contribution in [-0.4, -0.2) is 25.8 Å². The first-order valence-electron chi connectivity index (χ1n) is 6.47. The number of hydrogen-bond donors (Lipinski definition) is 0. The van der Waals surface area contributed by atoms with Crippen LogP contribution in [0.5, 0.6) is 0 Å². The van der Waals surface area contributed by atoms with Crippen molar-refractivity contribution in [3.05, 3.63) is 12.2 Å². The summed E-state index contributed by atoms with van der Waals surface area (Å²) in [5.41, 5.74) is 1.14. The molecule has 3 nitrogen and oxygen atoms in total. The van der Waals surface area contributed by atoms with Gasteiger partial charge in [0, 0.05) is 18.9 Å². The maximum atomic E-state index is 11.9. The Hall–Kier alpha value is -0.670. The van der Waals surface area contributed by atoms with E-state index in [-0.39, 0.29) is 16.9 Å². The molecule has 3 saturated carbocycles. The van der Waals surface area contributed by atoms with Crippen LogP contribution in [0.15, 0.2) is 12.2 Å². The maximum absolute atomic E-state index is 11.9. The molecule has 3 aliphatic rings. The van der Waals surface area contributed by atoms with Crippen LogP contribution in [0.1, 0.15) is 38.5 Å². The summed E-state index contributed by atoms with van der Waals surface area (Å²) in [5.74, 6) is 0.301. The molecule has 0 heterocycles. The molecule has 0 aromatic rings. The number of Topliss-reactive ketones (excluding diaryl/α,β-unsaturated/α-hetero) is 1. The normalized spacial score (nSPS) is 44.2. The van der Waals surface area contributed by atoms with E-state index in [0.717, 1.165) is 24.8 Å². The fourth-order valence-electron chi connectivity index (χ4n) is 4.63. The van der Waals surface area contributed by atoms with Crippen molar-refractivity contribution in [3.63, 3.8) is 0 Å². The van der Waals surface area contributed by atoms with Gasteiger partial charge < -0.3 is 9.47 Å². The molecule has 17 heavy (non-hydrogen) atoms. The standard InChI is InChI=1S/C14H20O3/c1-10-12(15)8-13-4-3-5-14(10,13)7-11(6-13)17-9-16-2/h11H,1,3-9H2,2H3/t11?,13-,14+/m0/s1. The molecule has 0 N–H and O–H groups in total. The number of allylic oxidation sites excluding steroid dienone is 1. The van der Waals surface area contributed by atoms with E-state index < -0.39 is 0 Å². The van der Waals surface area contributed by atoms with Crippen molar-refractivity contribution in [2.45, 2.75) is 44.6 Å². The van der Waals surface area contributed by atoms with E-state index in [1.54, 1.807) is 7.11 Å². The van der Waals surface area contributed by atoms with Crippen LogP contribution in [0.3, 0.4) is 0 Å². The highest BCUT2D eigenvalue weighted by Crippen LogP contribution is 2.71. The molecule has 0 aliphatic heterocycles. The molecule has 0 aromatic heterocycles. The van der Waals surface area contributed by atoms with Crippen LogP contribution in [0, 0.1) is 10.8 Å². The van der Waals surface area contributed by atoms with Crippen molar-refractivity contribution in [1.29, 1.82) is 0 Å². The minimum atomic E-state index is 0.0719. The third kappa shape index (κ3) is 1.33. The molecular weight excluding hydrogens is 216 g/mol. The predicted molar refractivity (Wildman–Crippen MR) is 63.5 cm³/mol. The molecule has 94 valence electrons. The van der Waals surface area contributed by atoms with Crippen molar-refractivity contribution in [1.82, 2.24) is 0 Å². The van der Waals surface area contributed by atoms with Crippen LogP contribution in [0.25, 0.3) is 0 Å². The summed E-state index contributed by atoms with van der Waals surface area (Å²) in [6.07, 6.45) is 6.49. The van der Waals surface area contributed by atoms with Gasteiger partial charge >= 0.3 is 0 Å². The average Bonchev–Trinajstić information content (AvgIpc) is 2.82. The van der Waals surface area contributed by atoms with Gasteiger partial charge in [-0.25, -0.2) is 0 Å². The lowest BCUT2D eigenvalue weighted by molar-refractivity contribution is -0.116. The molecule has 0 aromatic carbocycles. The molecule has 3 fully saturated rings. The number of ketones is 1. The minimum Gasteiger partial charge on any atom is -0.359 e. The summed E-state index contributed by atoms with van der Waals surface area (Å²) in [5, 5.41) is 0. The van der Waals surface area contributed by atoms with Crippen LogP contribution in [0.2, 0.25) is 0 Å². The van der Waals surface area contributed by atoms with Gasteiger partial charge in [-0.05, 0) is 36.7 Å². The third-order valence-corrected chi connectivity index (χ3v) is 5.30. The number of ether oxygens (including phenoxy) is 2. The molecular formula is C14H20O3. The van der Waals surface area contributed by atoms with Gasteiger partial charge in [0.1, 0.15) is 6.79 Å². The third-order valence-electron chi connectivity index (χ3n) is 5.30. The highest BCUT2D eigenvalue weighted by Gasteiger charge is 2.67. The zero-order valence-electron chi connectivity index (χ0n) is 10.5. The lowest BCUT2D eigenvalue weighted by Crippen LogP contribution is -2.26. The van der Waals surface area contributed by atoms with Gasteiger partial charge in [-0.2, -0.15) is 0 Å². The molecule has 3 aliphatic carbocycles. The molecule has 1 unspecified atom stereocenters. The Morgan fingerprint density at radius 3 is 2.94 bits per heavy atom. The van der Waals surface area contributed by atoms with Crippen molar-refractivity contribution < 1.29 is 14.3 Å². The fourth-order valence-corrected chi connectivity index (χ4v) is 4.63. The first-order valence-corrected chi connectivity index (χ1v) is 6.47. The average molecular weight is 236 g/mol. The number of methoxy groups -OCH3 is 1. The second-order valence-corrected chi connectivity index (χ2v) is 5.90. The van der Waals surface area contributed by atoms with Gasteiger partial charge in [0.05, 0.1) is 6.10 Å². The summed E-state index contributed by atoms with van der Waals surface area (Å²) in [6, 6.07) is 0. The second-order valence-electron chi connectivity index (χ2n) is 5.90. The largest absolute Gasteiger partial charge is 0.359 e. The van der Waals surface area contributed by atoms with Gasteiger partial charge in [-0.15, -0.1) is 0 Å². The zero-order chi connectivity index (χ0) is 12.1. The Morgan fingerprint density at radius 2 is 2.24 bits per heavy atom. The highest BCUT2D eigenvalue weighted by atomic mass is 16.7. The number of rotatable bonds is 3. The SMILES string of the molecule is C=C1C(=O)C[C@@]23CCC[C@@]12CC(OCOC)C3. The number of carbonyl (C=O) groups is 1. The lowest BCUT2D eigenvalue weighted by atomic mass is 9.69. The van der Waals surface area contributed by atoms with Gasteiger partial charge in [0.15, 0.2) is 5.78 Å². The summed E-state index contributed by atoms with van der Waals surface area (Å²) >= 11 is 0. The Bertz CT molecular complexity index is 376. The van der Waals surface area contributed by atoms with Crippen LogP contribution in [0.4, 0.5) is 0 Å². The Balaban J connectivity index is 1.86. The van der Waals surface area contributed by atoms with Crippen LogP contribution < -0.4 is 0 Å². The topological polar surface area (TPSA) is 35.5 Å². The molecule has 0 spiro atoms. The number of carbonyl (C=O) groups excluding carboxylic acids is 1. The van der Waals surface area contributed by atoms with Crippen molar-refractivity contribution in [2.24, 2.45) is 10.8 Å². The van der Waals surface area contributed by atoms with Gasteiger partial charge in [-0.1, -0.05) is 13.0 Å². The van der Waals surface area contributed by atoms with Gasteiger partial charge in [0.2, 0.25) is 0 Å². The minimum absolute atomic E-state index is 0.0719. The van der Waals surface area contributed by atoms with E-state index >= 15 is 0 Å². The predicted octanol–water partition coefficient (Wildman–Crippen LogP) is 2.46. The Labute approximate surface area is 102 Å². The molecule has 0 bridgehead atoms. The maximum Gasteiger partial charge on any atom is 0.159 e. The van der Waals surface area contributed by atoms with E-state index in [9.17, 15) is 4.79 Å².